The standard InChI is InChI=1S/C23H23FN4O2/c1-14-6-7-18(10-15(14)2)25-23(30)28-9-8-20-19(13-28)22(29)27-21(26-20)12-16-4-3-5-17(24)11-16/h3-7,10-11H,8-9,12-13H2,1-2H3,(H,25,30)(H,26,27,29). The van der Waals surface area contributed by atoms with E-state index in [1.54, 1.807) is 17.0 Å². The molecule has 1 aromatic heterocycles. The van der Waals surface area contributed by atoms with E-state index in [4.69, 9.17) is 0 Å². The fourth-order valence-electron chi connectivity index (χ4n) is 3.60. The summed E-state index contributed by atoms with van der Waals surface area (Å²) in [6.45, 7) is 4.69. The Morgan fingerprint density at radius 3 is 2.80 bits per heavy atom. The van der Waals surface area contributed by atoms with Crippen molar-refractivity contribution in [2.45, 2.75) is 33.2 Å². The Hall–Kier alpha value is -3.48. The van der Waals surface area contributed by atoms with Crippen molar-refractivity contribution in [3.8, 4) is 0 Å². The van der Waals surface area contributed by atoms with Crippen molar-refractivity contribution in [3.05, 3.63) is 92.4 Å². The zero-order valence-electron chi connectivity index (χ0n) is 17.0. The highest BCUT2D eigenvalue weighted by Crippen LogP contribution is 2.18. The number of aryl methyl sites for hydroxylation is 2. The molecule has 0 unspecified atom stereocenters. The summed E-state index contributed by atoms with van der Waals surface area (Å²) >= 11 is 0. The number of urea groups is 1. The zero-order chi connectivity index (χ0) is 21.3. The molecular weight excluding hydrogens is 383 g/mol. The summed E-state index contributed by atoms with van der Waals surface area (Å²) in [5.41, 5.74) is 4.67. The zero-order valence-corrected chi connectivity index (χ0v) is 17.0. The lowest BCUT2D eigenvalue weighted by Crippen LogP contribution is -2.42. The molecule has 30 heavy (non-hydrogen) atoms. The van der Waals surface area contributed by atoms with E-state index < -0.39 is 0 Å². The Morgan fingerprint density at radius 2 is 2.03 bits per heavy atom. The second-order valence-electron chi connectivity index (χ2n) is 7.65. The molecule has 6 nitrogen and oxygen atoms in total. The molecule has 4 rings (SSSR count). The van der Waals surface area contributed by atoms with Gasteiger partial charge >= 0.3 is 6.03 Å². The van der Waals surface area contributed by atoms with Gasteiger partial charge in [0.15, 0.2) is 0 Å². The highest BCUT2D eigenvalue weighted by molar-refractivity contribution is 5.89. The second-order valence-corrected chi connectivity index (χ2v) is 7.65. The summed E-state index contributed by atoms with van der Waals surface area (Å²) in [6, 6.07) is 11.7. The van der Waals surface area contributed by atoms with E-state index in [1.807, 2.05) is 32.0 Å². The van der Waals surface area contributed by atoms with Crippen LogP contribution in [0.25, 0.3) is 0 Å². The van der Waals surface area contributed by atoms with Crippen LogP contribution in [0.15, 0.2) is 47.3 Å². The van der Waals surface area contributed by atoms with E-state index in [2.05, 4.69) is 15.3 Å². The molecule has 0 aliphatic carbocycles. The molecule has 2 N–H and O–H groups in total. The van der Waals surface area contributed by atoms with Crippen LogP contribution in [0.2, 0.25) is 0 Å². The summed E-state index contributed by atoms with van der Waals surface area (Å²) in [6.07, 6.45) is 0.840. The molecule has 1 aliphatic heterocycles. The van der Waals surface area contributed by atoms with Crippen LogP contribution in [-0.4, -0.2) is 27.4 Å². The lowest BCUT2D eigenvalue weighted by molar-refractivity contribution is 0.205. The molecule has 2 aromatic carbocycles. The number of nitrogens with zero attached hydrogens (tertiary/aromatic N) is 2. The molecule has 0 saturated carbocycles. The lowest BCUT2D eigenvalue weighted by atomic mass is 10.1. The molecule has 0 radical (unpaired) electrons. The average Bonchev–Trinajstić information content (AvgIpc) is 2.70. The second kappa shape index (κ2) is 8.10. The predicted molar refractivity (Wildman–Crippen MR) is 113 cm³/mol. The molecule has 0 atom stereocenters. The number of aromatic nitrogens is 2. The van der Waals surface area contributed by atoms with Crippen LogP contribution in [0.3, 0.4) is 0 Å². The van der Waals surface area contributed by atoms with Gasteiger partial charge in [-0.1, -0.05) is 18.2 Å². The molecule has 0 spiro atoms. The molecule has 0 saturated heterocycles. The van der Waals surface area contributed by atoms with Gasteiger partial charge in [-0.15, -0.1) is 0 Å². The Morgan fingerprint density at radius 1 is 1.20 bits per heavy atom. The fourth-order valence-corrected chi connectivity index (χ4v) is 3.60. The monoisotopic (exact) mass is 406 g/mol. The first-order valence-electron chi connectivity index (χ1n) is 9.87. The number of benzene rings is 2. The van der Waals surface area contributed by atoms with E-state index in [-0.39, 0.29) is 24.0 Å². The number of fused-ring (bicyclic) bond motifs is 1. The topological polar surface area (TPSA) is 78.1 Å². The number of hydrogen-bond donors (Lipinski definition) is 2. The maximum absolute atomic E-state index is 13.4. The number of halogens is 1. The number of rotatable bonds is 3. The molecule has 0 fully saturated rings. The molecule has 2 amide bonds. The van der Waals surface area contributed by atoms with Gasteiger partial charge in [-0.25, -0.2) is 14.2 Å². The van der Waals surface area contributed by atoms with E-state index >= 15 is 0 Å². The third-order valence-electron chi connectivity index (χ3n) is 5.42. The van der Waals surface area contributed by atoms with Crippen molar-refractivity contribution in [1.29, 1.82) is 0 Å². The molecule has 1 aliphatic rings. The number of amides is 2. The van der Waals surface area contributed by atoms with Crippen LogP contribution in [0, 0.1) is 19.7 Å². The SMILES string of the molecule is Cc1ccc(NC(=O)N2CCc3nc(Cc4cccc(F)c4)[nH]c(=O)c3C2)cc1C. The van der Waals surface area contributed by atoms with Crippen molar-refractivity contribution in [2.75, 3.05) is 11.9 Å². The normalized spacial score (nSPS) is 13.1. The number of H-pyrrole nitrogens is 1. The van der Waals surface area contributed by atoms with Crippen molar-refractivity contribution in [3.63, 3.8) is 0 Å². The Kier molecular flexibility index (Phi) is 5.35. The Bertz CT molecular complexity index is 1170. The van der Waals surface area contributed by atoms with Gasteiger partial charge in [0.1, 0.15) is 11.6 Å². The average molecular weight is 406 g/mol. The highest BCUT2D eigenvalue weighted by atomic mass is 19.1. The summed E-state index contributed by atoms with van der Waals surface area (Å²) in [5, 5.41) is 2.90. The van der Waals surface area contributed by atoms with Gasteiger partial charge in [-0.3, -0.25) is 4.79 Å². The van der Waals surface area contributed by atoms with Gasteiger partial charge in [0.25, 0.3) is 5.56 Å². The van der Waals surface area contributed by atoms with Gasteiger partial charge in [0, 0.05) is 25.1 Å². The van der Waals surface area contributed by atoms with Crippen LogP contribution in [0.5, 0.6) is 0 Å². The summed E-state index contributed by atoms with van der Waals surface area (Å²) in [5.74, 6) is 0.176. The third kappa shape index (κ3) is 4.25. The van der Waals surface area contributed by atoms with Gasteiger partial charge in [0.2, 0.25) is 0 Å². The van der Waals surface area contributed by atoms with Gasteiger partial charge in [-0.05, 0) is 54.8 Å². The van der Waals surface area contributed by atoms with Crippen LogP contribution in [-0.2, 0) is 19.4 Å². The number of anilines is 1. The predicted octanol–water partition coefficient (Wildman–Crippen LogP) is 3.71. The van der Waals surface area contributed by atoms with E-state index in [1.165, 1.54) is 12.1 Å². The molecule has 2 heterocycles. The molecule has 3 aromatic rings. The van der Waals surface area contributed by atoms with Crippen LogP contribution < -0.4 is 10.9 Å². The first kappa shape index (κ1) is 19.8. The van der Waals surface area contributed by atoms with Crippen LogP contribution in [0.1, 0.15) is 33.8 Å². The number of nitrogens with one attached hydrogen (secondary N) is 2. The van der Waals surface area contributed by atoms with Crippen molar-refractivity contribution < 1.29 is 9.18 Å². The molecule has 0 bridgehead atoms. The smallest absolute Gasteiger partial charge is 0.320 e. The van der Waals surface area contributed by atoms with Crippen molar-refractivity contribution in [1.82, 2.24) is 14.9 Å². The number of aromatic amines is 1. The van der Waals surface area contributed by atoms with E-state index in [9.17, 15) is 14.0 Å². The number of carbonyl (C=O) groups is 1. The minimum Gasteiger partial charge on any atom is -0.320 e. The van der Waals surface area contributed by atoms with Crippen molar-refractivity contribution >= 4 is 11.7 Å². The minimum atomic E-state index is -0.321. The molecular formula is C23H23FN4O2. The maximum Gasteiger partial charge on any atom is 0.322 e. The van der Waals surface area contributed by atoms with E-state index in [0.717, 1.165) is 22.4 Å². The Labute approximate surface area is 173 Å². The van der Waals surface area contributed by atoms with Gasteiger partial charge in [0.05, 0.1) is 17.8 Å². The number of carbonyl (C=O) groups excluding carboxylic acids is 1. The minimum absolute atomic E-state index is 0.203. The van der Waals surface area contributed by atoms with E-state index in [0.29, 0.717) is 36.5 Å². The largest absolute Gasteiger partial charge is 0.322 e. The third-order valence-corrected chi connectivity index (χ3v) is 5.42. The van der Waals surface area contributed by atoms with Crippen molar-refractivity contribution in [2.24, 2.45) is 0 Å². The molecule has 154 valence electrons. The quantitative estimate of drug-likeness (QED) is 0.696. The lowest BCUT2D eigenvalue weighted by Gasteiger charge is -2.28. The maximum atomic E-state index is 13.4. The fraction of sp³-hybridized carbons (Fsp3) is 0.261. The summed E-state index contributed by atoms with van der Waals surface area (Å²) < 4.78 is 13.4. The van der Waals surface area contributed by atoms with Gasteiger partial charge < -0.3 is 15.2 Å². The first-order chi connectivity index (χ1) is 14.4. The Balaban J connectivity index is 1.49. The molecule has 7 heteroatoms. The van der Waals surface area contributed by atoms with Gasteiger partial charge in [-0.2, -0.15) is 0 Å². The summed E-state index contributed by atoms with van der Waals surface area (Å²) in [7, 11) is 0. The van der Waals surface area contributed by atoms with Crippen LogP contribution >= 0.6 is 0 Å². The first-order valence-corrected chi connectivity index (χ1v) is 9.87. The summed E-state index contributed by atoms with van der Waals surface area (Å²) in [4.78, 5) is 34.2. The highest BCUT2D eigenvalue weighted by Gasteiger charge is 2.24. The van der Waals surface area contributed by atoms with Crippen LogP contribution in [0.4, 0.5) is 14.9 Å². The number of hydrogen-bond acceptors (Lipinski definition) is 3.